The van der Waals surface area contributed by atoms with Crippen molar-refractivity contribution in [1.29, 1.82) is 0 Å². The largest absolute Gasteiger partial charge is 0.356 e. The van der Waals surface area contributed by atoms with Gasteiger partial charge in [-0.15, -0.1) is 0 Å². The Morgan fingerprint density at radius 2 is 2.21 bits per heavy atom. The molecule has 3 heterocycles. The number of aromatic nitrogens is 2. The zero-order valence-electron chi connectivity index (χ0n) is 16.0. The van der Waals surface area contributed by atoms with E-state index in [0.29, 0.717) is 29.4 Å². The number of carbonyl (C=O) groups is 1. The molecular formula is C21H22F2N4O2. The maximum atomic E-state index is 14.2. The summed E-state index contributed by atoms with van der Waals surface area (Å²) in [5.41, 5.74) is 1.26. The number of aromatic amines is 1. The average Bonchev–Trinajstić information content (AvgIpc) is 3.47. The molecule has 1 aliphatic rings. The molecule has 152 valence electrons. The highest BCUT2D eigenvalue weighted by molar-refractivity contribution is 5.94. The molecule has 0 spiro atoms. The predicted molar refractivity (Wildman–Crippen MR) is 104 cm³/mol. The number of hydrogen-bond donors (Lipinski definition) is 2. The van der Waals surface area contributed by atoms with Gasteiger partial charge in [0.2, 0.25) is 0 Å². The second-order valence-corrected chi connectivity index (χ2v) is 7.13. The maximum Gasteiger partial charge on any atom is 0.267 e. The first-order valence-corrected chi connectivity index (χ1v) is 9.68. The van der Waals surface area contributed by atoms with Crippen molar-refractivity contribution in [2.45, 2.75) is 25.8 Å². The van der Waals surface area contributed by atoms with Gasteiger partial charge in [-0.1, -0.05) is 12.1 Å². The van der Waals surface area contributed by atoms with Crippen molar-refractivity contribution in [3.8, 4) is 22.5 Å². The van der Waals surface area contributed by atoms with Gasteiger partial charge in [-0.05, 0) is 50.2 Å². The van der Waals surface area contributed by atoms with Crippen molar-refractivity contribution in [2.24, 2.45) is 0 Å². The molecule has 0 bridgehead atoms. The van der Waals surface area contributed by atoms with Gasteiger partial charge in [0.05, 0.1) is 11.8 Å². The summed E-state index contributed by atoms with van der Waals surface area (Å²) in [5, 5.41) is 6.68. The molecule has 0 radical (unpaired) electrons. The number of nitrogens with one attached hydrogen (secondary N) is 2. The lowest BCUT2D eigenvalue weighted by molar-refractivity contribution is 0.0937. The first kappa shape index (κ1) is 19.3. The van der Waals surface area contributed by atoms with E-state index in [0.717, 1.165) is 44.1 Å². The van der Waals surface area contributed by atoms with Crippen LogP contribution in [0, 0.1) is 11.6 Å². The number of benzene rings is 1. The number of rotatable bonds is 6. The molecule has 0 aliphatic carbocycles. The summed E-state index contributed by atoms with van der Waals surface area (Å²) in [5.74, 6) is -1.10. The summed E-state index contributed by atoms with van der Waals surface area (Å²) in [4.78, 5) is 17.8. The molecule has 0 saturated carbocycles. The number of carbonyl (C=O) groups excluding carboxylic acids is 1. The molecule has 2 N–H and O–H groups in total. The van der Waals surface area contributed by atoms with E-state index in [1.807, 2.05) is 0 Å². The lowest BCUT2D eigenvalue weighted by Crippen LogP contribution is -2.40. The van der Waals surface area contributed by atoms with Gasteiger partial charge in [0.15, 0.2) is 5.76 Å². The number of H-pyrrole nitrogens is 1. The Balaban J connectivity index is 1.51. The van der Waals surface area contributed by atoms with Gasteiger partial charge in [-0.3, -0.25) is 9.69 Å². The molecule has 6 nitrogen and oxygen atoms in total. The van der Waals surface area contributed by atoms with Crippen molar-refractivity contribution in [3.63, 3.8) is 0 Å². The standard InChI is InChI=1S/C21H22F2N4O2/c1-2-27-7-3-4-15(27)11-25-21(28)19-8-13(10-24-19)20-17(12-26-29-20)16-9-14(22)5-6-18(16)23/h5-6,8-10,12,15,24H,2-4,7,11H2,1H3,(H,25,28). The summed E-state index contributed by atoms with van der Waals surface area (Å²) in [6, 6.07) is 5.17. The zero-order valence-corrected chi connectivity index (χ0v) is 16.0. The van der Waals surface area contributed by atoms with Gasteiger partial charge >= 0.3 is 0 Å². The van der Waals surface area contributed by atoms with E-state index in [9.17, 15) is 13.6 Å². The van der Waals surface area contributed by atoms with E-state index >= 15 is 0 Å². The second kappa shape index (κ2) is 8.16. The van der Waals surface area contributed by atoms with Crippen molar-refractivity contribution < 1.29 is 18.1 Å². The quantitative estimate of drug-likeness (QED) is 0.660. The van der Waals surface area contributed by atoms with Crippen LogP contribution in [0.15, 0.2) is 41.2 Å². The second-order valence-electron chi connectivity index (χ2n) is 7.13. The van der Waals surface area contributed by atoms with Gasteiger partial charge in [0.1, 0.15) is 17.3 Å². The van der Waals surface area contributed by atoms with Crippen LogP contribution >= 0.6 is 0 Å². The van der Waals surface area contributed by atoms with Crippen LogP contribution < -0.4 is 5.32 Å². The van der Waals surface area contributed by atoms with Crippen LogP contribution in [0.2, 0.25) is 0 Å². The molecule has 8 heteroatoms. The highest BCUT2D eigenvalue weighted by Crippen LogP contribution is 2.34. The molecular weight excluding hydrogens is 378 g/mol. The number of nitrogens with zero attached hydrogens (tertiary/aromatic N) is 2. The van der Waals surface area contributed by atoms with Crippen LogP contribution in [0.5, 0.6) is 0 Å². The Morgan fingerprint density at radius 1 is 1.34 bits per heavy atom. The minimum absolute atomic E-state index is 0.0503. The van der Waals surface area contributed by atoms with Gasteiger partial charge in [0, 0.05) is 29.9 Å². The SMILES string of the molecule is CCN1CCCC1CNC(=O)c1cc(-c2oncc2-c2cc(F)ccc2F)c[nH]1. The molecule has 3 aromatic rings. The summed E-state index contributed by atoms with van der Waals surface area (Å²) < 4.78 is 33.0. The molecule has 29 heavy (non-hydrogen) atoms. The Bertz CT molecular complexity index is 1010. The van der Waals surface area contributed by atoms with E-state index in [4.69, 9.17) is 4.52 Å². The van der Waals surface area contributed by atoms with Crippen molar-refractivity contribution in [3.05, 3.63) is 54.0 Å². The molecule has 1 atom stereocenters. The fourth-order valence-corrected chi connectivity index (χ4v) is 3.85. The first-order chi connectivity index (χ1) is 14.1. The number of likely N-dealkylation sites (N-methyl/N-ethyl adjacent to an activating group) is 1. The van der Waals surface area contributed by atoms with E-state index < -0.39 is 11.6 Å². The first-order valence-electron chi connectivity index (χ1n) is 9.68. The summed E-state index contributed by atoms with van der Waals surface area (Å²) in [7, 11) is 0. The van der Waals surface area contributed by atoms with Crippen LogP contribution in [0.3, 0.4) is 0 Å². The van der Waals surface area contributed by atoms with Crippen LogP contribution in [0.1, 0.15) is 30.3 Å². The normalized spacial score (nSPS) is 17.0. The molecule has 2 aromatic heterocycles. The fourth-order valence-electron chi connectivity index (χ4n) is 3.85. The summed E-state index contributed by atoms with van der Waals surface area (Å²) in [6.45, 7) is 4.74. The molecule has 1 aromatic carbocycles. The Kier molecular flexibility index (Phi) is 5.44. The zero-order chi connectivity index (χ0) is 20.4. The van der Waals surface area contributed by atoms with Crippen LogP contribution in [0.25, 0.3) is 22.5 Å². The van der Waals surface area contributed by atoms with Crippen molar-refractivity contribution >= 4 is 5.91 Å². The maximum absolute atomic E-state index is 14.2. The van der Waals surface area contributed by atoms with E-state index in [-0.39, 0.29) is 17.2 Å². The van der Waals surface area contributed by atoms with Crippen LogP contribution in [-0.4, -0.2) is 46.6 Å². The fraction of sp³-hybridized carbons (Fsp3) is 0.333. The van der Waals surface area contributed by atoms with Gasteiger partial charge in [-0.25, -0.2) is 8.78 Å². The lowest BCUT2D eigenvalue weighted by atomic mass is 10.0. The molecule has 1 unspecified atom stereocenters. The minimum Gasteiger partial charge on any atom is -0.356 e. The van der Waals surface area contributed by atoms with E-state index in [1.54, 1.807) is 12.3 Å². The summed E-state index contributed by atoms with van der Waals surface area (Å²) >= 11 is 0. The van der Waals surface area contributed by atoms with Gasteiger partial charge < -0.3 is 14.8 Å². The van der Waals surface area contributed by atoms with Gasteiger partial charge in [0.25, 0.3) is 5.91 Å². The van der Waals surface area contributed by atoms with E-state index in [2.05, 4.69) is 27.3 Å². The third-order valence-electron chi connectivity index (χ3n) is 5.38. The lowest BCUT2D eigenvalue weighted by Gasteiger charge is -2.22. The van der Waals surface area contributed by atoms with Crippen LogP contribution in [-0.2, 0) is 0 Å². The molecule has 1 fully saturated rings. The number of hydrogen-bond acceptors (Lipinski definition) is 4. The average molecular weight is 400 g/mol. The number of likely N-dealkylation sites (tertiary alicyclic amines) is 1. The molecule has 1 aliphatic heterocycles. The topological polar surface area (TPSA) is 74.2 Å². The van der Waals surface area contributed by atoms with Crippen molar-refractivity contribution in [1.82, 2.24) is 20.4 Å². The smallest absolute Gasteiger partial charge is 0.267 e. The Labute approximate surface area is 166 Å². The number of halogens is 2. The third-order valence-corrected chi connectivity index (χ3v) is 5.38. The molecule has 4 rings (SSSR count). The van der Waals surface area contributed by atoms with E-state index in [1.165, 1.54) is 6.20 Å². The Hall–Kier alpha value is -3.00. The van der Waals surface area contributed by atoms with Crippen molar-refractivity contribution in [2.75, 3.05) is 19.6 Å². The van der Waals surface area contributed by atoms with Gasteiger partial charge in [-0.2, -0.15) is 0 Å². The predicted octanol–water partition coefficient (Wildman–Crippen LogP) is 3.83. The highest BCUT2D eigenvalue weighted by atomic mass is 19.1. The highest BCUT2D eigenvalue weighted by Gasteiger charge is 2.24. The third kappa shape index (κ3) is 3.93. The van der Waals surface area contributed by atoms with Crippen LogP contribution in [0.4, 0.5) is 8.78 Å². The Morgan fingerprint density at radius 3 is 3.03 bits per heavy atom. The minimum atomic E-state index is -0.582. The number of amides is 1. The summed E-state index contributed by atoms with van der Waals surface area (Å²) in [6.07, 6.45) is 5.14. The molecule has 1 amide bonds. The molecule has 1 saturated heterocycles. The monoisotopic (exact) mass is 400 g/mol.